The third-order valence-corrected chi connectivity index (χ3v) is 4.06. The standard InChI is InChI=1S/C18H18Cl2N2O4/c1-22(9-10-26-14-6-3-12(19)4-7-14)18(24)21-13-5-8-16(20)15(11-13)17(23)25-2/h3-8,11H,9-10H2,1-2H3,(H,21,24). The first-order chi connectivity index (χ1) is 12.4. The van der Waals surface area contributed by atoms with E-state index in [1.807, 2.05) is 0 Å². The lowest BCUT2D eigenvalue weighted by Gasteiger charge is -2.18. The fourth-order valence-electron chi connectivity index (χ4n) is 2.02. The smallest absolute Gasteiger partial charge is 0.339 e. The number of carbonyl (C=O) groups excluding carboxylic acids is 2. The summed E-state index contributed by atoms with van der Waals surface area (Å²) in [6.45, 7) is 0.686. The zero-order valence-electron chi connectivity index (χ0n) is 14.3. The van der Waals surface area contributed by atoms with Crippen LogP contribution in [0.15, 0.2) is 42.5 Å². The number of methoxy groups -OCH3 is 1. The van der Waals surface area contributed by atoms with E-state index in [4.69, 9.17) is 27.9 Å². The number of benzene rings is 2. The van der Waals surface area contributed by atoms with E-state index < -0.39 is 5.97 Å². The predicted octanol–water partition coefficient (Wildman–Crippen LogP) is 4.32. The minimum Gasteiger partial charge on any atom is -0.492 e. The molecule has 1 N–H and O–H groups in total. The molecule has 0 aliphatic heterocycles. The van der Waals surface area contributed by atoms with Crippen LogP contribution in [0, 0.1) is 0 Å². The molecule has 0 aromatic heterocycles. The lowest BCUT2D eigenvalue weighted by atomic mass is 10.2. The summed E-state index contributed by atoms with van der Waals surface area (Å²) in [6, 6.07) is 11.2. The topological polar surface area (TPSA) is 67.9 Å². The van der Waals surface area contributed by atoms with Crippen molar-refractivity contribution >= 4 is 40.9 Å². The van der Waals surface area contributed by atoms with E-state index in [1.54, 1.807) is 37.4 Å². The van der Waals surface area contributed by atoms with E-state index in [-0.39, 0.29) is 16.6 Å². The van der Waals surface area contributed by atoms with Crippen LogP contribution in [0.25, 0.3) is 0 Å². The molecule has 0 saturated heterocycles. The van der Waals surface area contributed by atoms with Gasteiger partial charge in [-0.15, -0.1) is 0 Å². The molecule has 2 amide bonds. The lowest BCUT2D eigenvalue weighted by molar-refractivity contribution is 0.0601. The lowest BCUT2D eigenvalue weighted by Crippen LogP contribution is -2.34. The Bertz CT molecular complexity index is 781. The van der Waals surface area contributed by atoms with Crippen molar-refractivity contribution in [3.63, 3.8) is 0 Å². The van der Waals surface area contributed by atoms with E-state index in [0.29, 0.717) is 29.6 Å². The van der Waals surface area contributed by atoms with Crippen LogP contribution in [-0.4, -0.2) is 44.2 Å². The molecule has 2 rings (SSSR count). The highest BCUT2D eigenvalue weighted by molar-refractivity contribution is 6.33. The average Bonchev–Trinajstić information content (AvgIpc) is 2.64. The molecule has 0 spiro atoms. The molecule has 2 aromatic rings. The Labute approximate surface area is 161 Å². The van der Waals surface area contributed by atoms with Gasteiger partial charge in [-0.1, -0.05) is 23.2 Å². The first kappa shape index (κ1) is 19.9. The van der Waals surface area contributed by atoms with Gasteiger partial charge in [-0.25, -0.2) is 9.59 Å². The third-order valence-electron chi connectivity index (χ3n) is 3.48. The molecule has 2 aromatic carbocycles. The number of esters is 1. The number of amides is 2. The quantitative estimate of drug-likeness (QED) is 0.738. The van der Waals surface area contributed by atoms with Crippen molar-refractivity contribution in [3.05, 3.63) is 58.1 Å². The summed E-state index contributed by atoms with van der Waals surface area (Å²) < 4.78 is 10.2. The minimum absolute atomic E-state index is 0.181. The molecule has 0 bridgehead atoms. The van der Waals surface area contributed by atoms with E-state index in [0.717, 1.165) is 0 Å². The Kier molecular flexibility index (Phi) is 7.12. The van der Waals surface area contributed by atoms with Crippen molar-refractivity contribution < 1.29 is 19.1 Å². The molecule has 0 heterocycles. The SMILES string of the molecule is COC(=O)c1cc(NC(=O)N(C)CCOc2ccc(Cl)cc2)ccc1Cl. The number of hydrogen-bond acceptors (Lipinski definition) is 4. The molecule has 6 nitrogen and oxygen atoms in total. The van der Waals surface area contributed by atoms with Crippen molar-refractivity contribution in [1.82, 2.24) is 4.90 Å². The Hall–Kier alpha value is -2.44. The number of urea groups is 1. The van der Waals surface area contributed by atoms with Crippen molar-refractivity contribution in [2.45, 2.75) is 0 Å². The number of carbonyl (C=O) groups is 2. The Morgan fingerprint density at radius 1 is 1.12 bits per heavy atom. The number of ether oxygens (including phenoxy) is 2. The molecule has 0 saturated carbocycles. The summed E-state index contributed by atoms with van der Waals surface area (Å²) in [5, 5.41) is 3.57. The van der Waals surface area contributed by atoms with Crippen LogP contribution in [-0.2, 0) is 4.74 Å². The third kappa shape index (κ3) is 5.54. The minimum atomic E-state index is -0.573. The van der Waals surface area contributed by atoms with E-state index >= 15 is 0 Å². The second kappa shape index (κ2) is 9.31. The van der Waals surface area contributed by atoms with Gasteiger partial charge in [-0.3, -0.25) is 0 Å². The number of nitrogens with zero attached hydrogens (tertiary/aromatic N) is 1. The van der Waals surface area contributed by atoms with Gasteiger partial charge in [0.2, 0.25) is 0 Å². The van der Waals surface area contributed by atoms with Crippen molar-refractivity contribution in [3.8, 4) is 5.75 Å². The van der Waals surface area contributed by atoms with Crippen LogP contribution < -0.4 is 10.1 Å². The summed E-state index contributed by atoms with van der Waals surface area (Å²) in [6.07, 6.45) is 0. The summed E-state index contributed by atoms with van der Waals surface area (Å²) in [5.41, 5.74) is 0.617. The van der Waals surface area contributed by atoms with Gasteiger partial charge in [0.15, 0.2) is 0 Å². The molecule has 0 atom stereocenters. The number of likely N-dealkylation sites (N-methyl/N-ethyl adjacent to an activating group) is 1. The summed E-state index contributed by atoms with van der Waals surface area (Å²) in [5.74, 6) is 0.0967. The van der Waals surface area contributed by atoms with E-state index in [2.05, 4.69) is 10.1 Å². The highest BCUT2D eigenvalue weighted by Crippen LogP contribution is 2.21. The van der Waals surface area contributed by atoms with Crippen LogP contribution >= 0.6 is 23.2 Å². The second-order valence-electron chi connectivity index (χ2n) is 5.34. The van der Waals surface area contributed by atoms with Gasteiger partial charge >= 0.3 is 12.0 Å². The molecule has 8 heteroatoms. The predicted molar refractivity (Wildman–Crippen MR) is 101 cm³/mol. The van der Waals surface area contributed by atoms with Crippen molar-refractivity contribution in [1.29, 1.82) is 0 Å². The Balaban J connectivity index is 1.88. The number of rotatable bonds is 6. The van der Waals surface area contributed by atoms with Gasteiger partial charge in [-0.05, 0) is 42.5 Å². The number of halogens is 2. The van der Waals surface area contributed by atoms with E-state index in [9.17, 15) is 9.59 Å². The Morgan fingerprint density at radius 3 is 2.46 bits per heavy atom. The second-order valence-corrected chi connectivity index (χ2v) is 6.18. The zero-order valence-corrected chi connectivity index (χ0v) is 15.8. The molecule has 0 radical (unpaired) electrons. The number of hydrogen-bond donors (Lipinski definition) is 1. The average molecular weight is 397 g/mol. The summed E-state index contributed by atoms with van der Waals surface area (Å²) in [4.78, 5) is 25.3. The molecule has 138 valence electrons. The molecule has 0 aliphatic rings. The van der Waals surface area contributed by atoms with Crippen LogP contribution in [0.1, 0.15) is 10.4 Å². The van der Waals surface area contributed by atoms with Crippen LogP contribution in [0.4, 0.5) is 10.5 Å². The van der Waals surface area contributed by atoms with Gasteiger partial charge in [0.1, 0.15) is 12.4 Å². The molecule has 0 aliphatic carbocycles. The highest BCUT2D eigenvalue weighted by Gasteiger charge is 2.14. The Morgan fingerprint density at radius 2 is 1.81 bits per heavy atom. The van der Waals surface area contributed by atoms with Gasteiger partial charge in [-0.2, -0.15) is 0 Å². The van der Waals surface area contributed by atoms with Gasteiger partial charge in [0.05, 0.1) is 24.2 Å². The molecular formula is C18H18Cl2N2O4. The normalized spacial score (nSPS) is 10.2. The largest absolute Gasteiger partial charge is 0.492 e. The first-order valence-corrected chi connectivity index (χ1v) is 8.44. The highest BCUT2D eigenvalue weighted by atomic mass is 35.5. The maximum Gasteiger partial charge on any atom is 0.339 e. The maximum absolute atomic E-state index is 12.2. The number of nitrogens with one attached hydrogen (secondary N) is 1. The first-order valence-electron chi connectivity index (χ1n) is 7.69. The molecule has 26 heavy (non-hydrogen) atoms. The molecule has 0 fully saturated rings. The molecular weight excluding hydrogens is 379 g/mol. The molecule has 0 unspecified atom stereocenters. The zero-order chi connectivity index (χ0) is 19.1. The van der Waals surface area contributed by atoms with Gasteiger partial charge in [0, 0.05) is 17.8 Å². The summed E-state index contributed by atoms with van der Waals surface area (Å²) in [7, 11) is 2.90. The van der Waals surface area contributed by atoms with Gasteiger partial charge < -0.3 is 19.7 Å². The van der Waals surface area contributed by atoms with Crippen molar-refractivity contribution in [2.24, 2.45) is 0 Å². The summed E-state index contributed by atoms with van der Waals surface area (Å²) >= 11 is 11.8. The fourth-order valence-corrected chi connectivity index (χ4v) is 2.34. The van der Waals surface area contributed by atoms with Crippen LogP contribution in [0.2, 0.25) is 10.0 Å². The van der Waals surface area contributed by atoms with E-state index in [1.165, 1.54) is 24.1 Å². The fraction of sp³-hybridized carbons (Fsp3) is 0.222. The van der Waals surface area contributed by atoms with Gasteiger partial charge in [0.25, 0.3) is 0 Å². The van der Waals surface area contributed by atoms with Crippen LogP contribution in [0.5, 0.6) is 5.75 Å². The monoisotopic (exact) mass is 396 g/mol. The number of anilines is 1. The van der Waals surface area contributed by atoms with Crippen molar-refractivity contribution in [2.75, 3.05) is 32.6 Å². The van der Waals surface area contributed by atoms with Crippen LogP contribution in [0.3, 0.4) is 0 Å². The maximum atomic E-state index is 12.2.